The average molecular weight is 626 g/mol. The summed E-state index contributed by atoms with van der Waals surface area (Å²) in [4.78, 5) is 3.94. The van der Waals surface area contributed by atoms with Gasteiger partial charge in [0.2, 0.25) is 11.8 Å². The first kappa shape index (κ1) is 32.0. The van der Waals surface area contributed by atoms with Crippen molar-refractivity contribution in [3.05, 3.63) is 101 Å². The van der Waals surface area contributed by atoms with Gasteiger partial charge in [0, 0.05) is 36.1 Å². The van der Waals surface area contributed by atoms with Gasteiger partial charge in [-0.25, -0.2) is 22.5 Å². The molecule has 4 aromatic rings. The number of anilines is 1. The normalized spacial score (nSPS) is 10.2. The lowest BCUT2D eigenvalue weighted by molar-refractivity contribution is 0.154. The Kier molecular flexibility index (Phi) is 12.1. The molecule has 0 atom stereocenters. The molecule has 0 bridgehead atoms. The van der Waals surface area contributed by atoms with E-state index in [-0.39, 0.29) is 28.6 Å². The molecule has 0 aliphatic rings. The first-order valence-electron chi connectivity index (χ1n) is 10.5. The molecular formula is C24H20Cl3F4N4O3P. The number of halogens is 7. The number of pyridine rings is 2. The molecule has 0 fully saturated rings. The fourth-order valence-corrected chi connectivity index (χ4v) is 2.61. The predicted molar refractivity (Wildman–Crippen MR) is 143 cm³/mol. The molecule has 4 N–H and O–H groups in total. The van der Waals surface area contributed by atoms with Crippen molar-refractivity contribution < 1.29 is 32.2 Å². The summed E-state index contributed by atoms with van der Waals surface area (Å²) in [6.07, 6.45) is 2.78. The molecule has 39 heavy (non-hydrogen) atoms. The Labute approximate surface area is 235 Å². The molecular weight excluding hydrogens is 606 g/mol. The quantitative estimate of drug-likeness (QED) is 0.120. The first-order chi connectivity index (χ1) is 18.3. The number of aryl methyl sites for hydroxylation is 2. The molecule has 2 aromatic carbocycles. The minimum atomic E-state index is -1.20. The standard InChI is InChI=1S/C12H10F2N2O2.C12H10F2N2O.Cl3P/c1-7-6-16(17)12(5-10(7)15)18-11-3-2-8(13)4-9(11)14;1-7-6-16-12(5-10(7)15)17-11-3-2-8(13)4-9(11)14;1-4(2)3/h2-6,15,17H,1H3;2-6H,1H3,(H2,15,16);. The van der Waals surface area contributed by atoms with Crippen LogP contribution in [0.5, 0.6) is 23.3 Å². The maximum Gasteiger partial charge on any atom is 0.234 e. The molecule has 0 amide bonds. The number of nitrogens with one attached hydrogen (secondary N) is 1. The third-order valence-electron chi connectivity index (χ3n) is 4.57. The highest BCUT2D eigenvalue weighted by atomic mass is 36.0. The number of ether oxygens (including phenoxy) is 2. The van der Waals surface area contributed by atoms with Gasteiger partial charge in [0.25, 0.3) is 0 Å². The van der Waals surface area contributed by atoms with Crippen LogP contribution in [0.25, 0.3) is 0 Å². The minimum Gasteiger partial charge on any atom is -0.436 e. The highest BCUT2D eigenvalue weighted by Gasteiger charge is 2.10. The molecule has 0 aliphatic heterocycles. The Morgan fingerprint density at radius 3 is 1.87 bits per heavy atom. The third-order valence-corrected chi connectivity index (χ3v) is 4.57. The number of hydrogen-bond acceptors (Lipinski definition) is 6. The lowest BCUT2D eigenvalue weighted by Gasteiger charge is -2.10. The zero-order chi connectivity index (χ0) is 29.3. The molecule has 2 aromatic heterocycles. The zero-order valence-electron chi connectivity index (χ0n) is 20.1. The molecule has 208 valence electrons. The van der Waals surface area contributed by atoms with Crippen molar-refractivity contribution >= 4 is 45.4 Å². The second kappa shape index (κ2) is 14.8. The van der Waals surface area contributed by atoms with Gasteiger partial charge < -0.3 is 25.8 Å². The van der Waals surface area contributed by atoms with Gasteiger partial charge >= 0.3 is 0 Å². The fourth-order valence-electron chi connectivity index (χ4n) is 2.61. The largest absolute Gasteiger partial charge is 0.436 e. The lowest BCUT2D eigenvalue weighted by atomic mass is 10.3. The lowest BCUT2D eigenvalue weighted by Crippen LogP contribution is -2.10. The number of nitrogen functional groups attached to an aromatic ring is 1. The van der Waals surface area contributed by atoms with Crippen LogP contribution in [0.2, 0.25) is 0 Å². The van der Waals surface area contributed by atoms with Gasteiger partial charge in [-0.2, -0.15) is 4.73 Å². The van der Waals surface area contributed by atoms with Crippen LogP contribution in [0, 0.1) is 42.5 Å². The second-order valence-electron chi connectivity index (χ2n) is 7.48. The van der Waals surface area contributed by atoms with E-state index in [9.17, 15) is 22.8 Å². The van der Waals surface area contributed by atoms with Crippen LogP contribution in [-0.2, 0) is 0 Å². The van der Waals surface area contributed by atoms with E-state index in [2.05, 4.69) is 4.98 Å². The summed E-state index contributed by atoms with van der Waals surface area (Å²) < 4.78 is 62.9. The van der Waals surface area contributed by atoms with Crippen molar-refractivity contribution in [2.45, 2.75) is 13.8 Å². The van der Waals surface area contributed by atoms with Crippen LogP contribution in [-0.4, -0.2) is 14.9 Å². The topological polar surface area (TPSA) is 106 Å². The van der Waals surface area contributed by atoms with Crippen LogP contribution in [0.3, 0.4) is 0 Å². The minimum absolute atomic E-state index is 0.0952. The highest BCUT2D eigenvalue weighted by Crippen LogP contribution is 2.51. The van der Waals surface area contributed by atoms with E-state index in [1.54, 1.807) is 13.8 Å². The summed E-state index contributed by atoms with van der Waals surface area (Å²) in [6.45, 7) is 3.43. The molecule has 2 heterocycles. The van der Waals surface area contributed by atoms with Crippen LogP contribution in [0.15, 0.2) is 60.9 Å². The Bertz CT molecular complexity index is 1490. The predicted octanol–water partition coefficient (Wildman–Crippen LogP) is 8.56. The maximum atomic E-state index is 13.3. The summed E-state index contributed by atoms with van der Waals surface area (Å²) in [6, 6.07) is 8.58. The SMILES string of the molecule is Cc1cn(O)c(Oc2ccc(F)cc2F)cc1=N.Cc1cnc(Oc2ccc(F)cc2F)cc1N.ClP(Cl)Cl. The van der Waals surface area contributed by atoms with Crippen molar-refractivity contribution in [1.82, 2.24) is 9.71 Å². The maximum absolute atomic E-state index is 13.3. The van der Waals surface area contributed by atoms with Crippen molar-refractivity contribution in [3.8, 4) is 23.3 Å². The molecule has 0 aliphatic carbocycles. The second-order valence-corrected chi connectivity index (χ2v) is 12.5. The molecule has 0 radical (unpaired) electrons. The van der Waals surface area contributed by atoms with Gasteiger partial charge in [0.05, 0.1) is 11.6 Å². The van der Waals surface area contributed by atoms with Gasteiger partial charge in [-0.05, 0) is 49.2 Å². The first-order valence-corrected chi connectivity index (χ1v) is 14.5. The number of benzene rings is 2. The molecule has 0 saturated heterocycles. The van der Waals surface area contributed by atoms with Crippen LogP contribution in [0.1, 0.15) is 11.1 Å². The molecule has 0 spiro atoms. The summed E-state index contributed by atoms with van der Waals surface area (Å²) in [7, 11) is 0. The Morgan fingerprint density at radius 2 is 1.38 bits per heavy atom. The number of hydrogen-bond donors (Lipinski definition) is 3. The van der Waals surface area contributed by atoms with Gasteiger partial charge in [-0.3, -0.25) is 0 Å². The molecule has 15 heteroatoms. The summed E-state index contributed by atoms with van der Waals surface area (Å²) in [5, 5.41) is 17.2. The number of nitrogens with two attached hydrogens (primary N) is 1. The molecule has 0 saturated carbocycles. The van der Waals surface area contributed by atoms with Crippen LogP contribution < -0.4 is 20.6 Å². The molecule has 4 rings (SSSR count). The number of aromatic nitrogens is 2. The van der Waals surface area contributed by atoms with Crippen molar-refractivity contribution in [1.29, 1.82) is 5.41 Å². The van der Waals surface area contributed by atoms with Crippen molar-refractivity contribution in [2.24, 2.45) is 0 Å². The smallest absolute Gasteiger partial charge is 0.234 e. The van der Waals surface area contributed by atoms with Crippen molar-refractivity contribution in [2.75, 3.05) is 5.73 Å². The van der Waals surface area contributed by atoms with Gasteiger partial charge in [0.15, 0.2) is 29.1 Å². The monoisotopic (exact) mass is 624 g/mol. The summed E-state index contributed by atoms with van der Waals surface area (Å²) in [5.41, 5.74) is 7.49. The molecule has 7 nitrogen and oxygen atoms in total. The van der Waals surface area contributed by atoms with E-state index in [1.807, 2.05) is 0 Å². The molecule has 0 unspecified atom stereocenters. The van der Waals surface area contributed by atoms with Gasteiger partial charge in [-0.15, -0.1) is 0 Å². The third kappa shape index (κ3) is 10.4. The Hall–Kier alpha value is -3.24. The van der Waals surface area contributed by atoms with E-state index in [0.717, 1.165) is 29.8 Å². The van der Waals surface area contributed by atoms with Crippen LogP contribution in [0.4, 0.5) is 23.2 Å². The van der Waals surface area contributed by atoms with Crippen LogP contribution >= 0.6 is 39.7 Å². The van der Waals surface area contributed by atoms with Gasteiger partial charge in [-0.1, -0.05) is 33.7 Å². The number of nitrogens with zero attached hydrogens (tertiary/aromatic N) is 2. The van der Waals surface area contributed by atoms with E-state index < -0.39 is 29.2 Å². The average Bonchev–Trinajstić information content (AvgIpc) is 2.83. The van der Waals surface area contributed by atoms with E-state index >= 15 is 0 Å². The fraction of sp³-hybridized carbons (Fsp3) is 0.0833. The highest BCUT2D eigenvalue weighted by molar-refractivity contribution is 8.20. The van der Waals surface area contributed by atoms with E-state index in [0.29, 0.717) is 22.0 Å². The van der Waals surface area contributed by atoms with E-state index in [1.165, 1.54) is 30.6 Å². The number of rotatable bonds is 4. The summed E-state index contributed by atoms with van der Waals surface area (Å²) >= 11 is 14.6. The summed E-state index contributed by atoms with van der Waals surface area (Å²) in [5.74, 6) is -4.55. The Morgan fingerprint density at radius 1 is 0.872 bits per heavy atom. The zero-order valence-corrected chi connectivity index (χ0v) is 23.3. The Balaban J connectivity index is 0.000000241. The van der Waals surface area contributed by atoms with E-state index in [4.69, 9.17) is 54.3 Å². The van der Waals surface area contributed by atoms with Crippen molar-refractivity contribution in [3.63, 3.8) is 0 Å². The van der Waals surface area contributed by atoms with Gasteiger partial charge in [0.1, 0.15) is 11.6 Å².